The predicted molar refractivity (Wildman–Crippen MR) is 69.6 cm³/mol. The van der Waals surface area contributed by atoms with Crippen molar-refractivity contribution in [2.24, 2.45) is 5.73 Å². The van der Waals surface area contributed by atoms with Crippen LogP contribution in [0.4, 0.5) is 0 Å². The SMILES string of the molecule is Cc1cc(S(=O)(=O)NCc2ncc[nH]2)sc1CN. The van der Waals surface area contributed by atoms with E-state index in [0.29, 0.717) is 12.4 Å². The van der Waals surface area contributed by atoms with Gasteiger partial charge in [0.2, 0.25) is 10.0 Å². The van der Waals surface area contributed by atoms with Crippen LogP contribution < -0.4 is 10.5 Å². The van der Waals surface area contributed by atoms with Gasteiger partial charge in [-0.2, -0.15) is 0 Å². The summed E-state index contributed by atoms with van der Waals surface area (Å²) in [6.07, 6.45) is 3.22. The zero-order valence-corrected chi connectivity index (χ0v) is 11.4. The van der Waals surface area contributed by atoms with E-state index < -0.39 is 10.0 Å². The van der Waals surface area contributed by atoms with E-state index in [2.05, 4.69) is 14.7 Å². The normalized spacial score (nSPS) is 11.9. The van der Waals surface area contributed by atoms with E-state index in [0.717, 1.165) is 10.4 Å². The average molecular weight is 286 g/mol. The number of hydrogen-bond donors (Lipinski definition) is 3. The van der Waals surface area contributed by atoms with Gasteiger partial charge in [-0.05, 0) is 18.6 Å². The maximum atomic E-state index is 12.0. The summed E-state index contributed by atoms with van der Waals surface area (Å²) in [5, 5.41) is 0. The van der Waals surface area contributed by atoms with Crippen molar-refractivity contribution >= 4 is 21.4 Å². The molecule has 2 aromatic heterocycles. The Bertz CT molecular complexity index is 616. The fourth-order valence-electron chi connectivity index (χ4n) is 1.45. The number of aryl methyl sites for hydroxylation is 1. The van der Waals surface area contributed by atoms with Gasteiger partial charge in [-0.3, -0.25) is 0 Å². The van der Waals surface area contributed by atoms with Crippen molar-refractivity contribution in [1.82, 2.24) is 14.7 Å². The van der Waals surface area contributed by atoms with Crippen LogP contribution in [0.1, 0.15) is 16.3 Å². The number of aromatic nitrogens is 2. The largest absolute Gasteiger partial charge is 0.347 e. The molecule has 0 saturated heterocycles. The molecule has 2 rings (SSSR count). The van der Waals surface area contributed by atoms with Crippen molar-refractivity contribution in [1.29, 1.82) is 0 Å². The number of nitrogens with zero attached hydrogens (tertiary/aromatic N) is 1. The van der Waals surface area contributed by atoms with E-state index in [1.54, 1.807) is 18.5 Å². The summed E-state index contributed by atoms with van der Waals surface area (Å²) in [5.41, 5.74) is 6.44. The minimum Gasteiger partial charge on any atom is -0.347 e. The van der Waals surface area contributed by atoms with Crippen LogP contribution in [-0.4, -0.2) is 18.4 Å². The van der Waals surface area contributed by atoms with Gasteiger partial charge in [0.05, 0.1) is 6.54 Å². The third kappa shape index (κ3) is 2.78. The zero-order chi connectivity index (χ0) is 13.2. The molecule has 0 aliphatic rings. The number of nitrogens with two attached hydrogens (primary N) is 1. The van der Waals surface area contributed by atoms with Crippen molar-refractivity contribution in [3.8, 4) is 0 Å². The third-order valence-electron chi connectivity index (χ3n) is 2.43. The maximum absolute atomic E-state index is 12.0. The molecule has 6 nitrogen and oxygen atoms in total. The fraction of sp³-hybridized carbons (Fsp3) is 0.300. The Kier molecular flexibility index (Phi) is 3.81. The van der Waals surface area contributed by atoms with Crippen LogP contribution >= 0.6 is 11.3 Å². The molecule has 0 aromatic carbocycles. The first kappa shape index (κ1) is 13.2. The van der Waals surface area contributed by atoms with Crippen LogP contribution in [0.3, 0.4) is 0 Å². The van der Waals surface area contributed by atoms with Crippen LogP contribution in [0.2, 0.25) is 0 Å². The first-order valence-electron chi connectivity index (χ1n) is 5.30. The molecule has 0 fully saturated rings. The van der Waals surface area contributed by atoms with Gasteiger partial charge >= 0.3 is 0 Å². The third-order valence-corrected chi connectivity index (χ3v) is 5.57. The zero-order valence-electron chi connectivity index (χ0n) is 9.80. The molecule has 0 saturated carbocycles. The molecule has 0 bridgehead atoms. The van der Waals surface area contributed by atoms with Crippen molar-refractivity contribution in [3.63, 3.8) is 0 Å². The summed E-state index contributed by atoms with van der Waals surface area (Å²) in [4.78, 5) is 7.67. The van der Waals surface area contributed by atoms with Gasteiger partial charge in [0.25, 0.3) is 0 Å². The molecular formula is C10H14N4O2S2. The van der Waals surface area contributed by atoms with Crippen molar-refractivity contribution in [2.45, 2.75) is 24.2 Å². The summed E-state index contributed by atoms with van der Waals surface area (Å²) >= 11 is 1.20. The molecule has 98 valence electrons. The highest BCUT2D eigenvalue weighted by Gasteiger charge is 2.18. The Labute approximate surface area is 109 Å². The lowest BCUT2D eigenvalue weighted by Crippen LogP contribution is -2.22. The summed E-state index contributed by atoms with van der Waals surface area (Å²) in [6.45, 7) is 2.35. The molecule has 8 heteroatoms. The highest BCUT2D eigenvalue weighted by Crippen LogP contribution is 2.25. The lowest BCUT2D eigenvalue weighted by Gasteiger charge is -2.02. The van der Waals surface area contributed by atoms with E-state index in [1.807, 2.05) is 6.92 Å². The number of aromatic amines is 1. The number of thiophene rings is 1. The minimum atomic E-state index is -3.50. The number of sulfonamides is 1. The highest BCUT2D eigenvalue weighted by molar-refractivity contribution is 7.91. The number of hydrogen-bond acceptors (Lipinski definition) is 5. The smallest absolute Gasteiger partial charge is 0.250 e. The van der Waals surface area contributed by atoms with Gasteiger partial charge < -0.3 is 10.7 Å². The van der Waals surface area contributed by atoms with Crippen molar-refractivity contribution < 1.29 is 8.42 Å². The maximum Gasteiger partial charge on any atom is 0.250 e. The lowest BCUT2D eigenvalue weighted by atomic mass is 10.3. The van der Waals surface area contributed by atoms with E-state index >= 15 is 0 Å². The Morgan fingerprint density at radius 1 is 1.56 bits per heavy atom. The van der Waals surface area contributed by atoms with E-state index in [4.69, 9.17) is 5.73 Å². The molecule has 0 radical (unpaired) electrons. The topological polar surface area (TPSA) is 101 Å². The molecule has 0 spiro atoms. The lowest BCUT2D eigenvalue weighted by molar-refractivity contribution is 0.581. The van der Waals surface area contributed by atoms with Crippen LogP contribution in [0.5, 0.6) is 0 Å². The molecule has 2 heterocycles. The quantitative estimate of drug-likeness (QED) is 0.753. The molecule has 4 N–H and O–H groups in total. The highest BCUT2D eigenvalue weighted by atomic mass is 32.2. The monoisotopic (exact) mass is 286 g/mol. The standard InChI is InChI=1S/C10H14N4O2S2/c1-7-4-10(17-8(7)5-11)18(15,16)14-6-9-12-2-3-13-9/h2-4,14H,5-6,11H2,1H3,(H,12,13). The van der Waals surface area contributed by atoms with Crippen molar-refractivity contribution in [3.05, 3.63) is 34.7 Å². The van der Waals surface area contributed by atoms with Gasteiger partial charge in [-0.1, -0.05) is 0 Å². The summed E-state index contributed by atoms with van der Waals surface area (Å²) in [7, 11) is -3.50. The molecule has 0 aliphatic carbocycles. The second kappa shape index (κ2) is 5.19. The summed E-state index contributed by atoms with van der Waals surface area (Å²) in [6, 6.07) is 1.64. The Morgan fingerprint density at radius 3 is 2.89 bits per heavy atom. The molecule has 0 aliphatic heterocycles. The van der Waals surface area contributed by atoms with Gasteiger partial charge in [0.15, 0.2) is 0 Å². The van der Waals surface area contributed by atoms with E-state index in [-0.39, 0.29) is 10.8 Å². The van der Waals surface area contributed by atoms with E-state index in [1.165, 1.54) is 11.3 Å². The van der Waals surface area contributed by atoms with Gasteiger partial charge in [0, 0.05) is 23.8 Å². The van der Waals surface area contributed by atoms with E-state index in [9.17, 15) is 8.42 Å². The van der Waals surface area contributed by atoms with Crippen LogP contribution in [0.15, 0.2) is 22.7 Å². The Hall–Kier alpha value is -1.22. The molecule has 18 heavy (non-hydrogen) atoms. The first-order chi connectivity index (χ1) is 8.53. The second-order valence-electron chi connectivity index (χ2n) is 3.74. The second-order valence-corrected chi connectivity index (χ2v) is 6.87. The number of H-pyrrole nitrogens is 1. The number of rotatable bonds is 5. The molecule has 2 aromatic rings. The number of nitrogens with one attached hydrogen (secondary N) is 2. The summed E-state index contributed by atoms with van der Waals surface area (Å²) < 4.78 is 26.8. The fourth-order valence-corrected chi connectivity index (χ4v) is 3.95. The predicted octanol–water partition coefficient (Wildman–Crippen LogP) is 0.717. The number of imidazole rings is 1. The van der Waals surface area contributed by atoms with Crippen molar-refractivity contribution in [2.75, 3.05) is 0 Å². The minimum absolute atomic E-state index is 0.143. The first-order valence-corrected chi connectivity index (χ1v) is 7.60. The Morgan fingerprint density at radius 2 is 2.33 bits per heavy atom. The van der Waals surface area contributed by atoms with Gasteiger partial charge in [-0.15, -0.1) is 11.3 Å². The average Bonchev–Trinajstić information content (AvgIpc) is 2.95. The van der Waals surface area contributed by atoms with Crippen LogP contribution in [0, 0.1) is 6.92 Å². The van der Waals surface area contributed by atoms with Gasteiger partial charge in [-0.25, -0.2) is 18.1 Å². The molecule has 0 unspecified atom stereocenters. The van der Waals surface area contributed by atoms with Crippen LogP contribution in [0.25, 0.3) is 0 Å². The van der Waals surface area contributed by atoms with Gasteiger partial charge in [0.1, 0.15) is 10.0 Å². The Balaban J connectivity index is 2.14. The molecule has 0 atom stereocenters. The summed E-state index contributed by atoms with van der Waals surface area (Å²) in [5.74, 6) is 0.575. The molecular weight excluding hydrogens is 272 g/mol. The van der Waals surface area contributed by atoms with Crippen LogP contribution in [-0.2, 0) is 23.1 Å². The molecule has 0 amide bonds.